The fourth-order valence-corrected chi connectivity index (χ4v) is 5.37. The number of aryl methyl sites for hydroxylation is 1. The fourth-order valence-electron chi connectivity index (χ4n) is 4.59. The monoisotopic (exact) mass is 505 g/mol. The Morgan fingerprint density at radius 3 is 2.62 bits per heavy atom. The third-order valence-corrected chi connectivity index (χ3v) is 7.11. The number of likely N-dealkylation sites (tertiary alicyclic amines) is 1. The summed E-state index contributed by atoms with van der Waals surface area (Å²) in [5.74, 6) is -0.902. The van der Waals surface area contributed by atoms with Crippen molar-refractivity contribution in [1.29, 1.82) is 0 Å². The highest BCUT2D eigenvalue weighted by Crippen LogP contribution is 2.40. The number of carbonyl (C=O) groups is 1. The molecule has 1 N–H and O–H groups in total. The molecule has 1 amide bonds. The van der Waals surface area contributed by atoms with E-state index in [1.165, 1.54) is 6.07 Å². The van der Waals surface area contributed by atoms with Crippen LogP contribution in [0.15, 0.2) is 24.3 Å². The van der Waals surface area contributed by atoms with Gasteiger partial charge in [-0.05, 0) is 57.2 Å². The number of nitrogens with one attached hydrogen (secondary N) is 1. The number of anilines is 1. The second-order valence-electron chi connectivity index (χ2n) is 9.13. The Bertz CT molecular complexity index is 1400. The first kappa shape index (κ1) is 23.0. The average molecular weight is 506 g/mol. The number of sulfonamides is 1. The van der Waals surface area contributed by atoms with E-state index in [1.54, 1.807) is 9.42 Å². The molecule has 5 rings (SSSR count). The van der Waals surface area contributed by atoms with Gasteiger partial charge in [0.25, 0.3) is 5.91 Å². The molecule has 180 valence electrons. The Hall–Kier alpha value is -2.72. The first-order valence-corrected chi connectivity index (χ1v) is 13.5. The van der Waals surface area contributed by atoms with Crippen LogP contribution in [-0.4, -0.2) is 46.6 Å². The van der Waals surface area contributed by atoms with Crippen LogP contribution in [-0.2, 0) is 10.0 Å². The molecule has 0 radical (unpaired) electrons. The molecule has 1 atom stereocenters. The van der Waals surface area contributed by atoms with Crippen molar-refractivity contribution >= 4 is 38.9 Å². The molecule has 8 nitrogen and oxygen atoms in total. The number of rotatable bonds is 5. The third-order valence-electron chi connectivity index (χ3n) is 6.32. The lowest BCUT2D eigenvalue weighted by Crippen LogP contribution is -2.39. The minimum atomic E-state index is -3.82. The molecule has 11 heteroatoms. The van der Waals surface area contributed by atoms with Crippen LogP contribution >= 0.6 is 11.6 Å². The van der Waals surface area contributed by atoms with E-state index in [1.807, 2.05) is 13.0 Å². The van der Waals surface area contributed by atoms with E-state index in [0.717, 1.165) is 55.0 Å². The minimum Gasteiger partial charge on any atom is -0.330 e. The number of fused-ring (bicyclic) bond motifs is 1. The number of halogens is 2. The summed E-state index contributed by atoms with van der Waals surface area (Å²) >= 11 is 6.03. The van der Waals surface area contributed by atoms with Crippen molar-refractivity contribution in [2.24, 2.45) is 0 Å². The van der Waals surface area contributed by atoms with E-state index in [4.69, 9.17) is 21.7 Å². The molecule has 3 aromatic rings. The second kappa shape index (κ2) is 8.49. The number of nitrogens with zero attached hydrogens (tertiary/aromatic N) is 4. The van der Waals surface area contributed by atoms with Crippen molar-refractivity contribution < 1.29 is 17.6 Å². The average Bonchev–Trinajstić information content (AvgIpc) is 3.53. The van der Waals surface area contributed by atoms with E-state index in [-0.39, 0.29) is 16.6 Å². The number of piperidine rings is 1. The lowest BCUT2D eigenvalue weighted by atomic mass is 9.98. The van der Waals surface area contributed by atoms with Crippen LogP contribution in [0.1, 0.15) is 71.5 Å². The standard InChI is InChI=1S/C23H25ClFN5O3S/c1-13-9-18(14-6-7-14)26-21-12-19(27-30(13)21)20-5-3-4-8-29(20)23(31)16-10-15(24)11-17(25)22(16)28-34(2,32)33/h9-12,14,20,28H,3-8H2,1-2H3/t20-/m0/s1. The normalized spacial score (nSPS) is 18.9. The summed E-state index contributed by atoms with van der Waals surface area (Å²) in [5, 5.41) is 4.76. The van der Waals surface area contributed by atoms with Gasteiger partial charge in [0.2, 0.25) is 10.0 Å². The van der Waals surface area contributed by atoms with Gasteiger partial charge < -0.3 is 4.90 Å². The maximum Gasteiger partial charge on any atom is 0.256 e. The van der Waals surface area contributed by atoms with E-state index in [2.05, 4.69) is 10.8 Å². The zero-order valence-electron chi connectivity index (χ0n) is 18.9. The van der Waals surface area contributed by atoms with Crippen molar-refractivity contribution in [3.8, 4) is 0 Å². The minimum absolute atomic E-state index is 0.00798. The number of carbonyl (C=O) groups excluding carboxylic acids is 1. The molecule has 3 heterocycles. The number of hydrogen-bond donors (Lipinski definition) is 1. The molecular formula is C23H25ClFN5O3S. The molecule has 2 aliphatic rings. The highest BCUT2D eigenvalue weighted by molar-refractivity contribution is 7.92. The van der Waals surface area contributed by atoms with Gasteiger partial charge in [0, 0.05) is 34.9 Å². The van der Waals surface area contributed by atoms with Gasteiger partial charge in [0.1, 0.15) is 5.82 Å². The zero-order chi connectivity index (χ0) is 24.2. The summed E-state index contributed by atoms with van der Waals surface area (Å²) in [4.78, 5) is 20.0. The molecule has 2 fully saturated rings. The fraction of sp³-hybridized carbons (Fsp3) is 0.435. The number of amides is 1. The highest BCUT2D eigenvalue weighted by Gasteiger charge is 2.33. The molecule has 1 aromatic carbocycles. The Balaban J connectivity index is 1.54. The summed E-state index contributed by atoms with van der Waals surface area (Å²) in [6.45, 7) is 2.42. The summed E-state index contributed by atoms with van der Waals surface area (Å²) in [6.07, 6.45) is 5.56. The molecule has 1 saturated carbocycles. The van der Waals surface area contributed by atoms with Crippen molar-refractivity contribution in [2.75, 3.05) is 17.5 Å². The summed E-state index contributed by atoms with van der Waals surface area (Å²) < 4.78 is 42.3. The molecule has 0 bridgehead atoms. The Morgan fingerprint density at radius 2 is 1.91 bits per heavy atom. The van der Waals surface area contributed by atoms with E-state index in [9.17, 15) is 17.6 Å². The van der Waals surface area contributed by atoms with Crippen molar-refractivity contribution in [2.45, 2.75) is 51.0 Å². The summed E-state index contributed by atoms with van der Waals surface area (Å²) in [7, 11) is -3.82. The highest BCUT2D eigenvalue weighted by atomic mass is 35.5. The maximum absolute atomic E-state index is 14.7. The van der Waals surface area contributed by atoms with Crippen LogP contribution < -0.4 is 4.72 Å². The third kappa shape index (κ3) is 4.48. The van der Waals surface area contributed by atoms with Crippen molar-refractivity contribution in [1.82, 2.24) is 19.5 Å². The number of benzene rings is 1. The van der Waals surface area contributed by atoms with Crippen LogP contribution in [0.4, 0.5) is 10.1 Å². The first-order chi connectivity index (χ1) is 16.1. The Kier molecular flexibility index (Phi) is 5.76. The van der Waals surface area contributed by atoms with Gasteiger partial charge in [0.05, 0.1) is 29.2 Å². The lowest BCUT2D eigenvalue weighted by Gasteiger charge is -2.35. The molecule has 0 spiro atoms. The van der Waals surface area contributed by atoms with Crippen LogP contribution in [0.5, 0.6) is 0 Å². The predicted octanol–water partition coefficient (Wildman–Crippen LogP) is 4.45. The van der Waals surface area contributed by atoms with Gasteiger partial charge in [-0.1, -0.05) is 11.6 Å². The summed E-state index contributed by atoms with van der Waals surface area (Å²) in [5.41, 5.74) is 2.96. The number of aromatic nitrogens is 3. The van der Waals surface area contributed by atoms with Gasteiger partial charge in [0.15, 0.2) is 5.65 Å². The van der Waals surface area contributed by atoms with E-state index in [0.29, 0.717) is 24.6 Å². The van der Waals surface area contributed by atoms with Gasteiger partial charge in [-0.15, -0.1) is 0 Å². The summed E-state index contributed by atoms with van der Waals surface area (Å²) in [6, 6.07) is 5.89. The molecule has 1 aliphatic heterocycles. The first-order valence-electron chi connectivity index (χ1n) is 11.3. The van der Waals surface area contributed by atoms with Crippen LogP contribution in [0, 0.1) is 12.7 Å². The largest absolute Gasteiger partial charge is 0.330 e. The Labute approximate surface area is 202 Å². The predicted molar refractivity (Wildman–Crippen MR) is 127 cm³/mol. The molecule has 1 saturated heterocycles. The van der Waals surface area contributed by atoms with Crippen LogP contribution in [0.25, 0.3) is 5.65 Å². The van der Waals surface area contributed by atoms with Crippen LogP contribution in [0.3, 0.4) is 0 Å². The quantitative estimate of drug-likeness (QED) is 0.552. The van der Waals surface area contributed by atoms with Crippen molar-refractivity contribution in [3.63, 3.8) is 0 Å². The Morgan fingerprint density at radius 1 is 1.15 bits per heavy atom. The lowest BCUT2D eigenvalue weighted by molar-refractivity contribution is 0.0606. The molecule has 1 aliphatic carbocycles. The van der Waals surface area contributed by atoms with Gasteiger partial charge in [-0.2, -0.15) is 5.10 Å². The molecule has 34 heavy (non-hydrogen) atoms. The molecular weight excluding hydrogens is 481 g/mol. The van der Waals surface area contributed by atoms with Crippen LogP contribution in [0.2, 0.25) is 5.02 Å². The van der Waals surface area contributed by atoms with Crippen molar-refractivity contribution in [3.05, 3.63) is 57.8 Å². The smallest absolute Gasteiger partial charge is 0.256 e. The van der Waals surface area contributed by atoms with E-state index >= 15 is 0 Å². The zero-order valence-corrected chi connectivity index (χ0v) is 20.5. The van der Waals surface area contributed by atoms with E-state index < -0.39 is 27.4 Å². The van der Waals surface area contributed by atoms with Gasteiger partial charge >= 0.3 is 0 Å². The molecule has 2 aromatic heterocycles. The SMILES string of the molecule is Cc1cc(C2CC2)nc2cc([C@@H]3CCCCN3C(=O)c3cc(Cl)cc(F)c3NS(C)(=O)=O)nn12. The van der Waals surface area contributed by atoms with Gasteiger partial charge in [-0.3, -0.25) is 9.52 Å². The van der Waals surface area contributed by atoms with Gasteiger partial charge in [-0.25, -0.2) is 22.3 Å². The maximum atomic E-state index is 14.7. The topological polar surface area (TPSA) is 96.7 Å². The second-order valence-corrected chi connectivity index (χ2v) is 11.3. The molecule has 0 unspecified atom stereocenters. The number of hydrogen-bond acceptors (Lipinski definition) is 5.